The molecule has 116 valence electrons. The van der Waals surface area contributed by atoms with Gasteiger partial charge in [0.1, 0.15) is 0 Å². The highest BCUT2D eigenvalue weighted by Crippen LogP contribution is 2.11. The average molecular weight is 319 g/mol. The number of amides is 1. The first-order valence-electron chi connectivity index (χ1n) is 6.62. The zero-order chi connectivity index (χ0) is 16.3. The molecule has 0 N–H and O–H groups in total. The molecule has 2 rings (SSSR count). The van der Waals surface area contributed by atoms with Crippen LogP contribution in [0.5, 0.6) is 0 Å². The quantitative estimate of drug-likeness (QED) is 0.784. The highest BCUT2D eigenvalue weighted by Gasteiger charge is 2.08. The molecular weight excluding hydrogens is 302 g/mol. The predicted octanol–water partition coefficient (Wildman–Crippen LogP) is 0.817. The fourth-order valence-corrected chi connectivity index (χ4v) is 2.71. The summed E-state index contributed by atoms with van der Waals surface area (Å²) in [6, 6.07) is 3.89. The molecule has 0 aliphatic heterocycles. The molecule has 0 aromatic carbocycles. The van der Waals surface area contributed by atoms with Crippen molar-refractivity contribution in [2.75, 3.05) is 7.05 Å². The summed E-state index contributed by atoms with van der Waals surface area (Å²) in [4.78, 5) is 38.3. The third-order valence-corrected chi connectivity index (χ3v) is 4.09. The Morgan fingerprint density at radius 1 is 1.36 bits per heavy atom. The van der Waals surface area contributed by atoms with E-state index in [0.29, 0.717) is 12.1 Å². The summed E-state index contributed by atoms with van der Waals surface area (Å²) in [6.07, 6.45) is 4.21. The monoisotopic (exact) mass is 319 g/mol. The van der Waals surface area contributed by atoms with Gasteiger partial charge in [-0.1, -0.05) is 6.07 Å². The molecule has 2 heterocycles. The maximum absolute atomic E-state index is 12.1. The summed E-state index contributed by atoms with van der Waals surface area (Å²) in [6.45, 7) is 0.520. The lowest BCUT2D eigenvalue weighted by atomic mass is 10.3. The van der Waals surface area contributed by atoms with Crippen LogP contribution in [0.4, 0.5) is 0 Å². The van der Waals surface area contributed by atoms with E-state index in [1.54, 1.807) is 30.3 Å². The minimum atomic E-state index is -0.423. The molecular formula is C15H17N3O3S. The Morgan fingerprint density at radius 2 is 2.09 bits per heavy atom. The molecule has 0 fully saturated rings. The molecule has 0 radical (unpaired) electrons. The Labute approximate surface area is 131 Å². The molecule has 7 heteroatoms. The van der Waals surface area contributed by atoms with Crippen molar-refractivity contribution in [3.05, 3.63) is 61.1 Å². The summed E-state index contributed by atoms with van der Waals surface area (Å²) in [5, 5.41) is 1.96. The molecule has 0 unspecified atom stereocenters. The smallest absolute Gasteiger partial charge is 0.330 e. The highest BCUT2D eigenvalue weighted by atomic mass is 32.1. The van der Waals surface area contributed by atoms with Crippen molar-refractivity contribution in [2.24, 2.45) is 14.1 Å². The van der Waals surface area contributed by atoms with Crippen molar-refractivity contribution in [1.29, 1.82) is 0 Å². The number of aryl methyl sites for hydroxylation is 1. The zero-order valence-electron chi connectivity index (χ0n) is 12.6. The molecule has 0 atom stereocenters. The zero-order valence-corrected chi connectivity index (χ0v) is 13.5. The molecule has 0 spiro atoms. The van der Waals surface area contributed by atoms with Gasteiger partial charge in [-0.3, -0.25) is 14.2 Å². The second-order valence-electron chi connectivity index (χ2n) is 4.95. The van der Waals surface area contributed by atoms with E-state index in [1.165, 1.54) is 30.0 Å². The lowest BCUT2D eigenvalue weighted by Gasteiger charge is -2.13. The van der Waals surface area contributed by atoms with Gasteiger partial charge < -0.3 is 9.47 Å². The van der Waals surface area contributed by atoms with Crippen molar-refractivity contribution in [2.45, 2.75) is 6.54 Å². The predicted molar refractivity (Wildman–Crippen MR) is 86.8 cm³/mol. The Balaban J connectivity index is 2.16. The number of carbonyl (C=O) groups is 1. The van der Waals surface area contributed by atoms with Crippen molar-refractivity contribution in [1.82, 2.24) is 14.0 Å². The van der Waals surface area contributed by atoms with Gasteiger partial charge in [0.25, 0.3) is 5.56 Å². The Kier molecular flexibility index (Phi) is 4.77. The van der Waals surface area contributed by atoms with Crippen molar-refractivity contribution >= 4 is 23.3 Å². The SMILES string of the molecule is CN(Cc1cccs1)C(=O)C=Cc1cn(C)c(=O)n(C)c1=O. The van der Waals surface area contributed by atoms with E-state index in [-0.39, 0.29) is 5.91 Å². The molecule has 22 heavy (non-hydrogen) atoms. The topological polar surface area (TPSA) is 64.3 Å². The number of thiophene rings is 1. The standard InChI is InChI=1S/C15H17N3O3S/c1-16(10-12-5-4-8-22-12)13(19)7-6-11-9-17(2)15(21)18(3)14(11)20/h4-9H,10H2,1-3H3. The largest absolute Gasteiger partial charge is 0.337 e. The summed E-state index contributed by atoms with van der Waals surface area (Å²) in [5.74, 6) is -0.204. The van der Waals surface area contributed by atoms with E-state index in [1.807, 2.05) is 17.5 Å². The van der Waals surface area contributed by atoms with Crippen LogP contribution in [0.1, 0.15) is 10.4 Å². The van der Waals surface area contributed by atoms with Crippen molar-refractivity contribution in [3.63, 3.8) is 0 Å². The Morgan fingerprint density at radius 3 is 2.73 bits per heavy atom. The average Bonchev–Trinajstić information content (AvgIpc) is 3.00. The van der Waals surface area contributed by atoms with Gasteiger partial charge >= 0.3 is 5.69 Å². The first-order chi connectivity index (χ1) is 10.4. The molecule has 0 aliphatic rings. The minimum absolute atomic E-state index is 0.204. The molecule has 0 saturated carbocycles. The van der Waals surface area contributed by atoms with Crippen LogP contribution in [0.15, 0.2) is 39.4 Å². The molecule has 0 aliphatic carbocycles. The van der Waals surface area contributed by atoms with E-state index in [9.17, 15) is 14.4 Å². The van der Waals surface area contributed by atoms with Crippen molar-refractivity contribution in [3.8, 4) is 0 Å². The van der Waals surface area contributed by atoms with Gasteiger partial charge in [0.15, 0.2) is 0 Å². The van der Waals surface area contributed by atoms with Crippen LogP contribution in [-0.2, 0) is 25.4 Å². The van der Waals surface area contributed by atoms with Gasteiger partial charge in [-0.2, -0.15) is 0 Å². The first kappa shape index (κ1) is 16.0. The van der Waals surface area contributed by atoms with Crippen molar-refractivity contribution < 1.29 is 4.79 Å². The second-order valence-corrected chi connectivity index (χ2v) is 5.98. The number of rotatable bonds is 4. The van der Waals surface area contributed by atoms with Crippen LogP contribution >= 0.6 is 11.3 Å². The third-order valence-electron chi connectivity index (χ3n) is 3.23. The number of aromatic nitrogens is 2. The lowest BCUT2D eigenvalue weighted by molar-refractivity contribution is -0.125. The molecule has 6 nitrogen and oxygen atoms in total. The Bertz CT molecular complexity index is 816. The fourth-order valence-electron chi connectivity index (χ4n) is 1.95. The number of carbonyl (C=O) groups excluding carboxylic acids is 1. The minimum Gasteiger partial charge on any atom is -0.337 e. The van der Waals surface area contributed by atoms with Gasteiger partial charge in [-0.25, -0.2) is 4.79 Å². The molecule has 0 saturated heterocycles. The molecule has 1 amide bonds. The van der Waals surface area contributed by atoms with Gasteiger partial charge in [0, 0.05) is 38.3 Å². The summed E-state index contributed by atoms with van der Waals surface area (Å²) in [5.41, 5.74) is -0.529. The van der Waals surface area contributed by atoms with Crippen LogP contribution in [0.25, 0.3) is 6.08 Å². The number of likely N-dealkylation sites (N-methyl/N-ethyl adjacent to an activating group) is 1. The van der Waals surface area contributed by atoms with Crippen LogP contribution in [0.2, 0.25) is 0 Å². The van der Waals surface area contributed by atoms with E-state index in [2.05, 4.69) is 0 Å². The number of nitrogens with zero attached hydrogens (tertiary/aromatic N) is 3. The van der Waals surface area contributed by atoms with Crippen LogP contribution < -0.4 is 11.2 Å². The lowest BCUT2D eigenvalue weighted by Crippen LogP contribution is -2.37. The highest BCUT2D eigenvalue weighted by molar-refractivity contribution is 7.09. The number of hydrogen-bond donors (Lipinski definition) is 0. The van der Waals surface area contributed by atoms with E-state index in [4.69, 9.17) is 0 Å². The van der Waals surface area contributed by atoms with Gasteiger partial charge in [-0.05, 0) is 17.5 Å². The molecule has 0 bridgehead atoms. The summed E-state index contributed by atoms with van der Waals surface area (Å²) in [7, 11) is 4.67. The summed E-state index contributed by atoms with van der Waals surface area (Å²) < 4.78 is 2.32. The summed E-state index contributed by atoms with van der Waals surface area (Å²) >= 11 is 1.58. The van der Waals surface area contributed by atoms with E-state index >= 15 is 0 Å². The Hall–Kier alpha value is -2.41. The maximum Gasteiger partial charge on any atom is 0.330 e. The van der Waals surface area contributed by atoms with Gasteiger partial charge in [-0.15, -0.1) is 11.3 Å². The van der Waals surface area contributed by atoms with Gasteiger partial charge in [0.05, 0.1) is 12.1 Å². The normalized spacial score (nSPS) is 11.0. The van der Waals surface area contributed by atoms with Crippen LogP contribution in [0, 0.1) is 0 Å². The molecule has 2 aromatic heterocycles. The first-order valence-corrected chi connectivity index (χ1v) is 7.50. The fraction of sp³-hybridized carbons (Fsp3) is 0.267. The second kappa shape index (κ2) is 6.57. The van der Waals surface area contributed by atoms with E-state index in [0.717, 1.165) is 9.44 Å². The number of hydrogen-bond acceptors (Lipinski definition) is 4. The van der Waals surface area contributed by atoms with Crippen LogP contribution in [-0.4, -0.2) is 27.0 Å². The molecule has 2 aromatic rings. The maximum atomic E-state index is 12.1. The van der Waals surface area contributed by atoms with E-state index < -0.39 is 11.2 Å². The third kappa shape index (κ3) is 3.43. The van der Waals surface area contributed by atoms with Crippen LogP contribution in [0.3, 0.4) is 0 Å². The van der Waals surface area contributed by atoms with Gasteiger partial charge in [0.2, 0.25) is 5.91 Å².